The van der Waals surface area contributed by atoms with Crippen molar-refractivity contribution in [2.24, 2.45) is 0 Å². The molecule has 0 aromatic heterocycles. The van der Waals surface area contributed by atoms with Gasteiger partial charge in [-0.05, 0) is 0 Å². The van der Waals surface area contributed by atoms with Gasteiger partial charge in [-0.2, -0.15) is 17.7 Å². The van der Waals surface area contributed by atoms with Crippen LogP contribution in [0.4, 0.5) is 0 Å². The molecule has 0 spiro atoms. The van der Waals surface area contributed by atoms with Crippen LogP contribution >= 0.6 is 0 Å². The molecule has 0 saturated heterocycles. The van der Waals surface area contributed by atoms with Gasteiger partial charge in [-0.15, -0.1) is 18.2 Å². The molecule has 0 amide bonds. The van der Waals surface area contributed by atoms with Crippen LogP contribution in [-0.4, -0.2) is 0 Å². The van der Waals surface area contributed by atoms with Gasteiger partial charge in [0.05, 0.1) is 0 Å². The maximum Gasteiger partial charge on any atom is 1.00 e. The van der Waals surface area contributed by atoms with Crippen molar-refractivity contribution in [3.63, 3.8) is 0 Å². The second-order valence-corrected chi connectivity index (χ2v) is 3.94. The summed E-state index contributed by atoms with van der Waals surface area (Å²) in [6.45, 7) is 2.17. The normalized spacial score (nSPS) is 10.3. The number of hydrogen-bond donors (Lipinski definition) is 0. The summed E-state index contributed by atoms with van der Waals surface area (Å²) in [4.78, 5) is 0. The van der Waals surface area contributed by atoms with Gasteiger partial charge in [0.25, 0.3) is 0 Å². The first-order chi connectivity index (χ1) is 8.42. The van der Waals surface area contributed by atoms with Crippen molar-refractivity contribution < 1.29 is 37.7 Å². The van der Waals surface area contributed by atoms with E-state index in [1.807, 2.05) is 24.3 Å². The molecular weight excluding hydrogens is 218 g/mol. The van der Waals surface area contributed by atoms with Crippen molar-refractivity contribution in [3.8, 4) is 0 Å². The Morgan fingerprint density at radius 1 is 1.00 bits per heavy atom. The molecule has 0 fully saturated rings. The topological polar surface area (TPSA) is 0 Å². The summed E-state index contributed by atoms with van der Waals surface area (Å²) in [5.41, 5.74) is 3.49. The van der Waals surface area contributed by atoms with Crippen LogP contribution in [0.25, 0.3) is 5.57 Å². The Hall–Kier alpha value is -0.625. The van der Waals surface area contributed by atoms with Gasteiger partial charge in [0, 0.05) is 0 Å². The molecule has 0 heterocycles. The van der Waals surface area contributed by atoms with E-state index < -0.39 is 0 Å². The largest absolute Gasteiger partial charge is 1.00 e. The summed E-state index contributed by atoms with van der Waals surface area (Å²) in [7, 11) is 0. The van der Waals surface area contributed by atoms with Crippen LogP contribution in [0.15, 0.2) is 54.6 Å². The second kappa shape index (κ2) is 10.2. The van der Waals surface area contributed by atoms with Crippen molar-refractivity contribution in [2.45, 2.75) is 19.8 Å². The van der Waals surface area contributed by atoms with Crippen molar-refractivity contribution in [3.05, 3.63) is 77.9 Å². The Bertz CT molecular complexity index is 434. The minimum Gasteiger partial charge on any atom is -0.266 e. The van der Waals surface area contributed by atoms with Gasteiger partial charge in [0.2, 0.25) is 0 Å². The maximum absolute atomic E-state index is 3.49. The fourth-order valence-electron chi connectivity index (χ4n) is 1.76. The molecule has 2 aromatic rings. The fourth-order valence-corrected chi connectivity index (χ4v) is 1.76. The summed E-state index contributed by atoms with van der Waals surface area (Å²) in [5, 5.41) is 0. The molecule has 0 atom stereocenters. The maximum atomic E-state index is 3.49. The first kappa shape index (κ1) is 18.4. The Balaban J connectivity index is 0.00000162. The minimum atomic E-state index is 0. The second-order valence-electron chi connectivity index (χ2n) is 3.94. The summed E-state index contributed by atoms with van der Waals surface area (Å²) in [6, 6.07) is 21.8. The molecule has 2 rings (SSSR count). The Labute approximate surface area is 140 Å². The fraction of sp³-hybridized carbons (Fsp3) is 0.176. The zero-order valence-electron chi connectivity index (χ0n) is 12.1. The molecule has 19 heavy (non-hydrogen) atoms. The van der Waals surface area contributed by atoms with Crippen molar-refractivity contribution in [1.82, 2.24) is 0 Å². The van der Waals surface area contributed by atoms with Crippen LogP contribution in [0.1, 0.15) is 30.9 Å². The van der Waals surface area contributed by atoms with Crippen LogP contribution in [-0.2, 0) is 0 Å². The van der Waals surface area contributed by atoms with Gasteiger partial charge in [0.15, 0.2) is 0 Å². The molecule has 0 radical (unpaired) electrons. The standard InChI is InChI=1S/C17H16.2Li/c1-2-3-14-17(15-10-6-4-7-11-15)16-12-8-5-9-13-16;;/h4-12H,2-3H2,1H3;;/q-2;2*+1. The van der Waals surface area contributed by atoms with Gasteiger partial charge in [0.1, 0.15) is 0 Å². The molecular formula is C17H16Li2. The molecule has 2 heteroatoms. The predicted molar refractivity (Wildman–Crippen MR) is 72.4 cm³/mol. The van der Waals surface area contributed by atoms with Crippen LogP contribution in [0.5, 0.6) is 0 Å². The van der Waals surface area contributed by atoms with E-state index in [0.29, 0.717) is 0 Å². The summed E-state index contributed by atoms with van der Waals surface area (Å²) in [6.07, 6.45) is 5.58. The minimum absolute atomic E-state index is 0. The third-order valence-electron chi connectivity index (χ3n) is 2.59. The van der Waals surface area contributed by atoms with Crippen molar-refractivity contribution in [1.29, 1.82) is 0 Å². The molecule has 0 aliphatic rings. The zero-order chi connectivity index (χ0) is 11.9. The number of allylic oxidation sites excluding steroid dienone is 1. The monoisotopic (exact) mass is 234 g/mol. The summed E-state index contributed by atoms with van der Waals surface area (Å²) in [5.74, 6) is 0. The van der Waals surface area contributed by atoms with Gasteiger partial charge in [-0.3, -0.25) is 17.2 Å². The molecule has 86 valence electrons. The van der Waals surface area contributed by atoms with Crippen LogP contribution in [0.2, 0.25) is 0 Å². The summed E-state index contributed by atoms with van der Waals surface area (Å²) < 4.78 is 0. The molecule has 0 aliphatic carbocycles. The van der Waals surface area contributed by atoms with Gasteiger partial charge in [-0.25, -0.2) is 12.1 Å². The molecule has 0 saturated carbocycles. The molecule has 0 unspecified atom stereocenters. The Morgan fingerprint density at radius 3 is 2.26 bits per heavy atom. The molecule has 0 aliphatic heterocycles. The average Bonchev–Trinajstić information content (AvgIpc) is 2.42. The van der Waals surface area contributed by atoms with E-state index in [9.17, 15) is 0 Å². The van der Waals surface area contributed by atoms with E-state index in [1.54, 1.807) is 0 Å². The van der Waals surface area contributed by atoms with E-state index in [4.69, 9.17) is 0 Å². The van der Waals surface area contributed by atoms with Crippen LogP contribution < -0.4 is 37.7 Å². The Morgan fingerprint density at radius 2 is 1.68 bits per heavy atom. The van der Waals surface area contributed by atoms with E-state index in [0.717, 1.165) is 24.0 Å². The van der Waals surface area contributed by atoms with Crippen LogP contribution in [0.3, 0.4) is 0 Å². The van der Waals surface area contributed by atoms with Gasteiger partial charge < -0.3 is 0 Å². The number of hydrogen-bond acceptors (Lipinski definition) is 0. The molecule has 0 nitrogen and oxygen atoms in total. The predicted octanol–water partition coefficient (Wildman–Crippen LogP) is -1.47. The van der Waals surface area contributed by atoms with Crippen molar-refractivity contribution in [2.75, 3.05) is 0 Å². The molecule has 2 aromatic carbocycles. The van der Waals surface area contributed by atoms with E-state index in [1.165, 1.54) is 5.56 Å². The van der Waals surface area contributed by atoms with Crippen molar-refractivity contribution >= 4 is 5.57 Å². The summed E-state index contributed by atoms with van der Waals surface area (Å²) >= 11 is 0. The Kier molecular flexibility index (Phi) is 9.86. The zero-order valence-corrected chi connectivity index (χ0v) is 12.1. The molecule has 0 N–H and O–H groups in total. The third-order valence-corrected chi connectivity index (χ3v) is 2.59. The average molecular weight is 234 g/mol. The smallest absolute Gasteiger partial charge is 0.266 e. The van der Waals surface area contributed by atoms with Crippen LogP contribution in [0, 0.1) is 12.1 Å². The first-order valence-corrected chi connectivity index (χ1v) is 6.05. The number of benzene rings is 2. The number of unbranched alkanes of at least 4 members (excludes halogenated alkanes) is 1. The SMILES string of the molecule is CCC[C-]=C(c1[c-]cccc1)c1ccccc1.[Li+].[Li+]. The van der Waals surface area contributed by atoms with E-state index in [-0.39, 0.29) is 37.7 Å². The van der Waals surface area contributed by atoms with Gasteiger partial charge >= 0.3 is 37.7 Å². The number of rotatable bonds is 4. The van der Waals surface area contributed by atoms with Gasteiger partial charge in [-0.1, -0.05) is 38.0 Å². The first-order valence-electron chi connectivity index (χ1n) is 6.05. The third kappa shape index (κ3) is 5.48. The van der Waals surface area contributed by atoms with E-state index in [2.05, 4.69) is 49.4 Å². The quantitative estimate of drug-likeness (QED) is 0.447. The van der Waals surface area contributed by atoms with E-state index >= 15 is 0 Å². The molecule has 0 bridgehead atoms.